The highest BCUT2D eigenvalue weighted by molar-refractivity contribution is 5.81. The molecule has 0 spiro atoms. The van der Waals surface area contributed by atoms with E-state index in [1.807, 2.05) is 34.6 Å². The molecule has 0 rings (SSSR count). The molecule has 2 N–H and O–H groups in total. The zero-order valence-electron chi connectivity index (χ0n) is 11.4. The van der Waals surface area contributed by atoms with Gasteiger partial charge < -0.3 is 15.4 Å². The number of amides is 2. The van der Waals surface area contributed by atoms with Crippen LogP contribution in [0.25, 0.3) is 0 Å². The Morgan fingerprint density at radius 1 is 1.24 bits per heavy atom. The molecular weight excluding hydrogens is 220 g/mol. The van der Waals surface area contributed by atoms with Crippen LogP contribution in [0.15, 0.2) is 0 Å². The van der Waals surface area contributed by atoms with Crippen molar-refractivity contribution in [1.82, 2.24) is 10.6 Å². The molecule has 0 aromatic carbocycles. The average Bonchev–Trinajstić information content (AvgIpc) is 2.14. The Morgan fingerprint density at radius 2 is 1.82 bits per heavy atom. The van der Waals surface area contributed by atoms with Crippen LogP contribution in [0.3, 0.4) is 0 Å². The van der Waals surface area contributed by atoms with Gasteiger partial charge in [-0.25, -0.2) is 0 Å². The van der Waals surface area contributed by atoms with Crippen LogP contribution in [0.2, 0.25) is 0 Å². The summed E-state index contributed by atoms with van der Waals surface area (Å²) in [6.45, 7) is 10.1. The van der Waals surface area contributed by atoms with Crippen LogP contribution >= 0.6 is 0 Å². The van der Waals surface area contributed by atoms with Crippen molar-refractivity contribution in [1.29, 1.82) is 0 Å². The molecule has 0 saturated heterocycles. The maximum absolute atomic E-state index is 11.5. The molecule has 100 valence electrons. The Kier molecular flexibility index (Phi) is 6.80. The Hall–Kier alpha value is -1.10. The molecule has 0 fully saturated rings. The largest absolute Gasteiger partial charge is 0.370 e. The molecule has 2 amide bonds. The van der Waals surface area contributed by atoms with Gasteiger partial charge in [0.2, 0.25) is 11.8 Å². The predicted molar refractivity (Wildman–Crippen MR) is 66.6 cm³/mol. The Labute approximate surface area is 103 Å². The lowest BCUT2D eigenvalue weighted by molar-refractivity contribution is -0.128. The topological polar surface area (TPSA) is 67.4 Å². The highest BCUT2D eigenvalue weighted by atomic mass is 16.5. The second kappa shape index (κ2) is 7.27. The number of carbonyl (C=O) groups is 2. The van der Waals surface area contributed by atoms with E-state index in [4.69, 9.17) is 4.74 Å². The second-order valence-electron chi connectivity index (χ2n) is 5.28. The minimum atomic E-state index is -0.394. The van der Waals surface area contributed by atoms with Gasteiger partial charge in [-0.1, -0.05) is 20.8 Å². The number of ether oxygens (including phenoxy) is 1. The van der Waals surface area contributed by atoms with Gasteiger partial charge in [0, 0.05) is 18.0 Å². The van der Waals surface area contributed by atoms with Gasteiger partial charge in [0.15, 0.2) is 0 Å². The maximum Gasteiger partial charge on any atom is 0.246 e. The van der Waals surface area contributed by atoms with Crippen molar-refractivity contribution in [3.8, 4) is 0 Å². The third-order valence-corrected chi connectivity index (χ3v) is 1.90. The molecule has 0 saturated carbocycles. The molecular formula is C12H24N2O3. The molecule has 0 aliphatic heterocycles. The lowest BCUT2D eigenvalue weighted by Crippen LogP contribution is -2.37. The van der Waals surface area contributed by atoms with Crippen molar-refractivity contribution in [2.24, 2.45) is 5.41 Å². The van der Waals surface area contributed by atoms with E-state index in [2.05, 4.69) is 10.6 Å². The van der Waals surface area contributed by atoms with Crippen LogP contribution in [-0.4, -0.2) is 37.6 Å². The van der Waals surface area contributed by atoms with Gasteiger partial charge >= 0.3 is 0 Å². The SMILES string of the molecule is CC(C)NC(=O)COCCNC(=O)C(C)(C)C. The molecule has 0 aromatic rings. The van der Waals surface area contributed by atoms with E-state index < -0.39 is 5.41 Å². The smallest absolute Gasteiger partial charge is 0.246 e. The summed E-state index contributed by atoms with van der Waals surface area (Å²) in [4.78, 5) is 22.6. The summed E-state index contributed by atoms with van der Waals surface area (Å²) in [6, 6.07) is 0.117. The molecule has 0 aliphatic rings. The second-order valence-corrected chi connectivity index (χ2v) is 5.28. The summed E-state index contributed by atoms with van der Waals surface area (Å²) < 4.78 is 5.13. The monoisotopic (exact) mass is 244 g/mol. The number of hydrogen-bond donors (Lipinski definition) is 2. The average molecular weight is 244 g/mol. The summed E-state index contributed by atoms with van der Waals surface area (Å²) in [5, 5.41) is 5.46. The molecule has 5 heteroatoms. The lowest BCUT2D eigenvalue weighted by atomic mass is 9.96. The van der Waals surface area contributed by atoms with Crippen LogP contribution in [0, 0.1) is 5.41 Å². The highest BCUT2D eigenvalue weighted by Gasteiger charge is 2.20. The molecule has 0 radical (unpaired) electrons. The number of carbonyl (C=O) groups excluding carboxylic acids is 2. The Balaban J connectivity index is 3.54. The minimum Gasteiger partial charge on any atom is -0.370 e. The fraction of sp³-hybridized carbons (Fsp3) is 0.833. The zero-order valence-corrected chi connectivity index (χ0v) is 11.4. The van der Waals surface area contributed by atoms with Crippen LogP contribution in [0.1, 0.15) is 34.6 Å². The van der Waals surface area contributed by atoms with Crippen LogP contribution in [0.5, 0.6) is 0 Å². The first-order valence-electron chi connectivity index (χ1n) is 5.89. The van der Waals surface area contributed by atoms with Crippen LogP contribution in [-0.2, 0) is 14.3 Å². The minimum absolute atomic E-state index is 0.0206. The summed E-state index contributed by atoms with van der Waals surface area (Å²) in [5.41, 5.74) is -0.394. The fourth-order valence-corrected chi connectivity index (χ4v) is 1.03. The van der Waals surface area contributed by atoms with E-state index in [9.17, 15) is 9.59 Å². The van der Waals surface area contributed by atoms with E-state index in [1.54, 1.807) is 0 Å². The molecule has 5 nitrogen and oxygen atoms in total. The number of rotatable bonds is 6. The van der Waals surface area contributed by atoms with Crippen LogP contribution in [0.4, 0.5) is 0 Å². The third-order valence-electron chi connectivity index (χ3n) is 1.90. The summed E-state index contributed by atoms with van der Waals surface area (Å²) in [6.07, 6.45) is 0. The van der Waals surface area contributed by atoms with Gasteiger partial charge in [0.05, 0.1) is 6.61 Å². The maximum atomic E-state index is 11.5. The van der Waals surface area contributed by atoms with Crippen molar-refractivity contribution in [2.45, 2.75) is 40.7 Å². The summed E-state index contributed by atoms with van der Waals surface area (Å²) in [5.74, 6) is -0.158. The molecule has 0 unspecified atom stereocenters. The van der Waals surface area contributed by atoms with E-state index in [0.29, 0.717) is 13.2 Å². The third kappa shape index (κ3) is 8.68. The quantitative estimate of drug-likeness (QED) is 0.676. The number of hydrogen-bond acceptors (Lipinski definition) is 3. The van der Waals surface area contributed by atoms with E-state index in [1.165, 1.54) is 0 Å². The fourth-order valence-electron chi connectivity index (χ4n) is 1.03. The lowest BCUT2D eigenvalue weighted by Gasteiger charge is -2.17. The molecule has 0 aromatic heterocycles. The summed E-state index contributed by atoms with van der Waals surface area (Å²) in [7, 11) is 0. The van der Waals surface area contributed by atoms with Gasteiger partial charge in [-0.3, -0.25) is 9.59 Å². The highest BCUT2D eigenvalue weighted by Crippen LogP contribution is 2.11. The normalized spacial score (nSPS) is 11.4. The van der Waals surface area contributed by atoms with Gasteiger partial charge in [0.25, 0.3) is 0 Å². The molecule has 0 bridgehead atoms. The first-order chi connectivity index (χ1) is 7.73. The molecule has 0 atom stereocenters. The standard InChI is InChI=1S/C12H24N2O3/c1-9(2)14-10(15)8-17-7-6-13-11(16)12(3,4)5/h9H,6-8H2,1-5H3,(H,13,16)(H,14,15). The van der Waals surface area contributed by atoms with Gasteiger partial charge in [0.1, 0.15) is 6.61 Å². The Bertz CT molecular complexity index is 257. The first kappa shape index (κ1) is 15.9. The summed E-state index contributed by atoms with van der Waals surface area (Å²) >= 11 is 0. The van der Waals surface area contributed by atoms with Gasteiger partial charge in [-0.15, -0.1) is 0 Å². The predicted octanol–water partition coefficient (Wildman–Crippen LogP) is 0.690. The van der Waals surface area contributed by atoms with Crippen LogP contribution < -0.4 is 10.6 Å². The van der Waals surface area contributed by atoms with Crippen molar-refractivity contribution in [2.75, 3.05) is 19.8 Å². The van der Waals surface area contributed by atoms with Gasteiger partial charge in [-0.2, -0.15) is 0 Å². The zero-order chi connectivity index (χ0) is 13.5. The molecule has 17 heavy (non-hydrogen) atoms. The van der Waals surface area contributed by atoms with E-state index >= 15 is 0 Å². The number of nitrogens with one attached hydrogen (secondary N) is 2. The Morgan fingerprint density at radius 3 is 2.29 bits per heavy atom. The molecule has 0 aliphatic carbocycles. The van der Waals surface area contributed by atoms with E-state index in [-0.39, 0.29) is 24.5 Å². The van der Waals surface area contributed by atoms with E-state index in [0.717, 1.165) is 0 Å². The van der Waals surface area contributed by atoms with Crippen molar-refractivity contribution in [3.63, 3.8) is 0 Å². The van der Waals surface area contributed by atoms with Crippen molar-refractivity contribution in [3.05, 3.63) is 0 Å². The van der Waals surface area contributed by atoms with Crippen molar-refractivity contribution >= 4 is 11.8 Å². The molecule has 0 heterocycles. The first-order valence-corrected chi connectivity index (χ1v) is 5.89. The van der Waals surface area contributed by atoms with Crippen molar-refractivity contribution < 1.29 is 14.3 Å². The van der Waals surface area contributed by atoms with Gasteiger partial charge in [-0.05, 0) is 13.8 Å².